The van der Waals surface area contributed by atoms with Crippen molar-refractivity contribution in [1.82, 2.24) is 4.90 Å². The number of rotatable bonds is 8. The topological polar surface area (TPSA) is 38.5 Å². The summed E-state index contributed by atoms with van der Waals surface area (Å²) in [6.07, 6.45) is 1.04. The summed E-state index contributed by atoms with van der Waals surface area (Å²) >= 11 is 0. The van der Waals surface area contributed by atoms with Gasteiger partial charge in [0.05, 0.1) is 6.61 Å². The molecule has 0 aliphatic rings. The summed E-state index contributed by atoms with van der Waals surface area (Å²) in [6.45, 7) is 10.5. The smallest absolute Gasteiger partial charge is 0.0589 e. The van der Waals surface area contributed by atoms with E-state index in [9.17, 15) is 0 Å². The van der Waals surface area contributed by atoms with Gasteiger partial charge in [0, 0.05) is 32.8 Å². The van der Waals surface area contributed by atoms with Crippen LogP contribution in [0.4, 0.5) is 0 Å². The molecule has 86 valence electrons. The molecule has 0 aliphatic carbocycles. The summed E-state index contributed by atoms with van der Waals surface area (Å²) in [5.41, 5.74) is 5.94. The maximum atomic E-state index is 5.94. The highest BCUT2D eigenvalue weighted by atomic mass is 16.5. The second kappa shape index (κ2) is 8.21. The molecule has 0 aromatic rings. The van der Waals surface area contributed by atoms with Crippen LogP contribution in [0, 0.1) is 5.92 Å². The fraction of sp³-hybridized carbons (Fsp3) is 1.00. The molecule has 0 heterocycles. The van der Waals surface area contributed by atoms with Crippen molar-refractivity contribution >= 4 is 0 Å². The van der Waals surface area contributed by atoms with Crippen LogP contribution in [0.5, 0.6) is 0 Å². The zero-order valence-electron chi connectivity index (χ0n) is 10.1. The van der Waals surface area contributed by atoms with Crippen molar-refractivity contribution in [3.05, 3.63) is 0 Å². The van der Waals surface area contributed by atoms with Crippen molar-refractivity contribution in [1.29, 1.82) is 0 Å². The number of hydrogen-bond acceptors (Lipinski definition) is 3. The molecule has 14 heavy (non-hydrogen) atoms. The van der Waals surface area contributed by atoms with Gasteiger partial charge in [-0.3, -0.25) is 4.90 Å². The predicted octanol–water partition coefficient (Wildman–Crippen LogP) is 1.33. The molecule has 0 radical (unpaired) electrons. The second-order valence-electron chi connectivity index (χ2n) is 4.31. The van der Waals surface area contributed by atoms with Crippen LogP contribution in [-0.2, 0) is 4.74 Å². The fourth-order valence-electron chi connectivity index (χ4n) is 1.45. The minimum Gasteiger partial charge on any atom is -0.383 e. The third-order valence-electron chi connectivity index (χ3n) is 2.25. The molecule has 3 heteroatoms. The normalized spacial score (nSPS) is 13.9. The molecular formula is C11H26N2O. The SMILES string of the molecule is CCC(N)CN(CCOC)CC(C)C. The molecule has 0 fully saturated rings. The van der Waals surface area contributed by atoms with Gasteiger partial charge in [-0.05, 0) is 12.3 Å². The van der Waals surface area contributed by atoms with E-state index in [1.165, 1.54) is 0 Å². The van der Waals surface area contributed by atoms with Gasteiger partial charge < -0.3 is 10.5 Å². The van der Waals surface area contributed by atoms with Gasteiger partial charge in [0.1, 0.15) is 0 Å². The number of nitrogens with zero attached hydrogens (tertiary/aromatic N) is 1. The van der Waals surface area contributed by atoms with Crippen molar-refractivity contribution in [3.8, 4) is 0 Å². The summed E-state index contributed by atoms with van der Waals surface area (Å²) in [5.74, 6) is 0.691. The quantitative estimate of drug-likeness (QED) is 0.645. The Bertz CT molecular complexity index is 128. The minimum atomic E-state index is 0.297. The van der Waals surface area contributed by atoms with Crippen LogP contribution < -0.4 is 5.73 Å². The average Bonchev–Trinajstić information content (AvgIpc) is 2.13. The van der Waals surface area contributed by atoms with E-state index in [2.05, 4.69) is 25.7 Å². The number of ether oxygens (including phenoxy) is 1. The van der Waals surface area contributed by atoms with Gasteiger partial charge in [-0.25, -0.2) is 0 Å². The monoisotopic (exact) mass is 202 g/mol. The predicted molar refractivity (Wildman–Crippen MR) is 61.4 cm³/mol. The Morgan fingerprint density at radius 1 is 1.29 bits per heavy atom. The molecule has 1 atom stereocenters. The van der Waals surface area contributed by atoms with E-state index in [0.29, 0.717) is 12.0 Å². The molecule has 0 amide bonds. The lowest BCUT2D eigenvalue weighted by Crippen LogP contribution is -2.40. The largest absolute Gasteiger partial charge is 0.383 e. The van der Waals surface area contributed by atoms with Crippen LogP contribution in [-0.4, -0.2) is 44.3 Å². The van der Waals surface area contributed by atoms with Gasteiger partial charge in [0.25, 0.3) is 0 Å². The molecule has 0 aromatic heterocycles. The molecule has 0 rings (SSSR count). The molecule has 3 nitrogen and oxygen atoms in total. The van der Waals surface area contributed by atoms with Gasteiger partial charge in [0.15, 0.2) is 0 Å². The van der Waals surface area contributed by atoms with E-state index in [1.54, 1.807) is 7.11 Å². The Kier molecular flexibility index (Phi) is 8.14. The first-order valence-electron chi connectivity index (χ1n) is 5.57. The molecule has 2 N–H and O–H groups in total. The molecule has 1 unspecified atom stereocenters. The third kappa shape index (κ3) is 7.30. The van der Waals surface area contributed by atoms with Gasteiger partial charge >= 0.3 is 0 Å². The number of hydrogen-bond donors (Lipinski definition) is 1. The molecule has 0 aromatic carbocycles. The standard InChI is InChI=1S/C11H26N2O/c1-5-11(12)9-13(6-7-14-4)8-10(2)3/h10-11H,5-9,12H2,1-4H3. The number of nitrogens with two attached hydrogens (primary N) is 1. The first kappa shape index (κ1) is 13.9. The van der Waals surface area contributed by atoms with Crippen molar-refractivity contribution in [3.63, 3.8) is 0 Å². The highest BCUT2D eigenvalue weighted by molar-refractivity contribution is 4.68. The zero-order valence-corrected chi connectivity index (χ0v) is 10.1. The molecule has 0 spiro atoms. The summed E-state index contributed by atoms with van der Waals surface area (Å²) in [6, 6.07) is 0.297. The summed E-state index contributed by atoms with van der Waals surface area (Å²) in [7, 11) is 1.74. The van der Waals surface area contributed by atoms with Crippen LogP contribution in [0.2, 0.25) is 0 Å². The van der Waals surface area contributed by atoms with Gasteiger partial charge in [-0.1, -0.05) is 20.8 Å². The van der Waals surface area contributed by atoms with Crippen molar-refractivity contribution < 1.29 is 4.74 Å². The minimum absolute atomic E-state index is 0.297. The van der Waals surface area contributed by atoms with Crippen molar-refractivity contribution in [2.24, 2.45) is 11.7 Å². The zero-order chi connectivity index (χ0) is 11.0. The molecule has 0 saturated heterocycles. The van der Waals surface area contributed by atoms with Crippen molar-refractivity contribution in [2.75, 3.05) is 33.4 Å². The number of methoxy groups -OCH3 is 1. The maximum absolute atomic E-state index is 5.94. The molecule has 0 bridgehead atoms. The Morgan fingerprint density at radius 2 is 1.93 bits per heavy atom. The van der Waals surface area contributed by atoms with Crippen LogP contribution >= 0.6 is 0 Å². The third-order valence-corrected chi connectivity index (χ3v) is 2.25. The van der Waals surface area contributed by atoms with Crippen LogP contribution in [0.3, 0.4) is 0 Å². The molecule has 0 saturated carbocycles. The first-order valence-corrected chi connectivity index (χ1v) is 5.57. The van der Waals surface area contributed by atoms with Gasteiger partial charge in [-0.2, -0.15) is 0 Å². The van der Waals surface area contributed by atoms with Crippen molar-refractivity contribution in [2.45, 2.75) is 33.2 Å². The van der Waals surface area contributed by atoms with Crippen LogP contribution in [0.1, 0.15) is 27.2 Å². The highest BCUT2D eigenvalue weighted by Gasteiger charge is 2.10. The van der Waals surface area contributed by atoms with Gasteiger partial charge in [0.2, 0.25) is 0 Å². The Hall–Kier alpha value is -0.120. The van der Waals surface area contributed by atoms with E-state index in [-0.39, 0.29) is 0 Å². The summed E-state index contributed by atoms with van der Waals surface area (Å²) in [4.78, 5) is 2.39. The molecular weight excluding hydrogens is 176 g/mol. The highest BCUT2D eigenvalue weighted by Crippen LogP contribution is 2.00. The van der Waals surface area contributed by atoms with Gasteiger partial charge in [-0.15, -0.1) is 0 Å². The molecule has 0 aliphatic heterocycles. The van der Waals surface area contributed by atoms with Crippen LogP contribution in [0.15, 0.2) is 0 Å². The lowest BCUT2D eigenvalue weighted by Gasteiger charge is -2.26. The lowest BCUT2D eigenvalue weighted by molar-refractivity contribution is 0.135. The van der Waals surface area contributed by atoms with Crippen LogP contribution in [0.25, 0.3) is 0 Å². The van der Waals surface area contributed by atoms with E-state index in [1.807, 2.05) is 0 Å². The van der Waals surface area contributed by atoms with E-state index < -0.39 is 0 Å². The Morgan fingerprint density at radius 3 is 2.36 bits per heavy atom. The van der Waals surface area contributed by atoms with E-state index >= 15 is 0 Å². The summed E-state index contributed by atoms with van der Waals surface area (Å²) in [5, 5.41) is 0. The average molecular weight is 202 g/mol. The maximum Gasteiger partial charge on any atom is 0.0589 e. The fourth-order valence-corrected chi connectivity index (χ4v) is 1.45. The second-order valence-corrected chi connectivity index (χ2v) is 4.31. The van der Waals surface area contributed by atoms with E-state index in [0.717, 1.165) is 32.7 Å². The Labute approximate surface area is 88.6 Å². The lowest BCUT2D eigenvalue weighted by atomic mass is 10.1. The summed E-state index contributed by atoms with van der Waals surface area (Å²) < 4.78 is 5.09. The first-order chi connectivity index (χ1) is 6.60. The van der Waals surface area contributed by atoms with E-state index in [4.69, 9.17) is 10.5 Å². The Balaban J connectivity index is 3.83.